The van der Waals surface area contributed by atoms with E-state index >= 15 is 0 Å². The number of hydrogen-bond donors (Lipinski definition) is 1. The molecule has 2 N–H and O–H groups in total. The largest absolute Gasteiger partial charge is 0.490 e. The van der Waals surface area contributed by atoms with E-state index in [1.165, 1.54) is 16.7 Å². The number of nitrogen functional groups attached to an aromatic ring is 1. The van der Waals surface area contributed by atoms with Crippen molar-refractivity contribution >= 4 is 11.4 Å². The van der Waals surface area contributed by atoms with Crippen molar-refractivity contribution in [1.29, 1.82) is 0 Å². The molecule has 2 aromatic rings. The summed E-state index contributed by atoms with van der Waals surface area (Å²) in [6.07, 6.45) is 1.73. The highest BCUT2D eigenvalue weighted by atomic mass is 16.5. The molecule has 4 nitrogen and oxygen atoms in total. The lowest BCUT2D eigenvalue weighted by Crippen LogP contribution is -2.30. The van der Waals surface area contributed by atoms with E-state index in [0.29, 0.717) is 6.61 Å². The maximum absolute atomic E-state index is 6.30. The Hall–Kier alpha value is -2.49. The van der Waals surface area contributed by atoms with Crippen LogP contribution in [0.2, 0.25) is 0 Å². The lowest BCUT2D eigenvalue weighted by molar-refractivity contribution is 0.132. The topological polar surface area (TPSA) is 56.8 Å². The second-order valence-electron chi connectivity index (χ2n) is 8.76. The average molecular weight is 364 g/mol. The summed E-state index contributed by atoms with van der Waals surface area (Å²) in [7, 11) is 0. The predicted molar refractivity (Wildman–Crippen MR) is 110 cm³/mol. The number of nitrogens with zero attached hydrogens (tertiary/aromatic N) is 1. The van der Waals surface area contributed by atoms with Gasteiger partial charge in [0.15, 0.2) is 11.5 Å². The van der Waals surface area contributed by atoms with Crippen LogP contribution in [-0.4, -0.2) is 23.5 Å². The third kappa shape index (κ3) is 3.18. The van der Waals surface area contributed by atoms with Crippen molar-refractivity contribution in [2.45, 2.75) is 58.6 Å². The zero-order valence-electron chi connectivity index (χ0n) is 16.8. The molecule has 142 valence electrons. The minimum absolute atomic E-state index is 0.170. The number of nitrogens with two attached hydrogens (primary N) is 1. The third-order valence-corrected chi connectivity index (χ3v) is 5.17. The smallest absolute Gasteiger partial charge is 0.166 e. The van der Waals surface area contributed by atoms with Crippen molar-refractivity contribution < 1.29 is 9.47 Å². The molecule has 4 rings (SSSR count). The molecule has 4 heteroatoms. The molecule has 0 aromatic heterocycles. The standard InChI is InChI=1S/C23H28N2O2/c1-6-26-18-11-15-12-22(2,3)25-20(14-7-9-16(24)10-8-14)19(15)17-13-23(4,5)27-21(17)18/h7-11H,6,12-13,24H2,1-5H3. The Labute approximate surface area is 161 Å². The molecule has 0 amide bonds. The molecule has 0 fully saturated rings. The summed E-state index contributed by atoms with van der Waals surface area (Å²) >= 11 is 0. The van der Waals surface area contributed by atoms with Crippen LogP contribution in [0.15, 0.2) is 35.3 Å². The first-order valence-electron chi connectivity index (χ1n) is 9.66. The minimum atomic E-state index is -0.248. The molecular formula is C23H28N2O2. The molecule has 2 aliphatic rings. The van der Waals surface area contributed by atoms with E-state index in [-0.39, 0.29) is 11.1 Å². The van der Waals surface area contributed by atoms with Gasteiger partial charge in [-0.25, -0.2) is 0 Å². The minimum Gasteiger partial charge on any atom is -0.490 e. The van der Waals surface area contributed by atoms with Crippen LogP contribution in [0.4, 0.5) is 5.69 Å². The van der Waals surface area contributed by atoms with Gasteiger partial charge in [-0.15, -0.1) is 0 Å². The molecule has 0 saturated heterocycles. The normalized spacial score (nSPS) is 18.9. The number of fused-ring (bicyclic) bond motifs is 3. The molecule has 27 heavy (non-hydrogen) atoms. The summed E-state index contributed by atoms with van der Waals surface area (Å²) in [6.45, 7) is 11.3. The molecule has 0 atom stereocenters. The zero-order valence-corrected chi connectivity index (χ0v) is 16.8. The lowest BCUT2D eigenvalue weighted by Gasteiger charge is -2.31. The highest BCUT2D eigenvalue weighted by Gasteiger charge is 2.39. The van der Waals surface area contributed by atoms with E-state index < -0.39 is 0 Å². The summed E-state index contributed by atoms with van der Waals surface area (Å²) < 4.78 is 12.3. The van der Waals surface area contributed by atoms with Gasteiger partial charge in [0.1, 0.15) is 5.60 Å². The van der Waals surface area contributed by atoms with E-state index in [2.05, 4.69) is 45.9 Å². The fourth-order valence-corrected chi connectivity index (χ4v) is 4.18. The molecule has 2 aromatic carbocycles. The van der Waals surface area contributed by atoms with Gasteiger partial charge >= 0.3 is 0 Å². The van der Waals surface area contributed by atoms with Gasteiger partial charge < -0.3 is 15.2 Å². The predicted octanol–water partition coefficient (Wildman–Crippen LogP) is 4.55. The molecular weight excluding hydrogens is 336 g/mol. The van der Waals surface area contributed by atoms with Crippen LogP contribution in [0.25, 0.3) is 0 Å². The number of ether oxygens (including phenoxy) is 2. The molecule has 0 spiro atoms. The van der Waals surface area contributed by atoms with Crippen LogP contribution < -0.4 is 15.2 Å². The molecule has 0 saturated carbocycles. The fourth-order valence-electron chi connectivity index (χ4n) is 4.18. The van der Waals surface area contributed by atoms with Crippen molar-refractivity contribution in [2.24, 2.45) is 4.99 Å². The first-order chi connectivity index (χ1) is 12.7. The van der Waals surface area contributed by atoms with Crippen molar-refractivity contribution in [3.63, 3.8) is 0 Å². The van der Waals surface area contributed by atoms with Gasteiger partial charge in [0.05, 0.1) is 17.9 Å². The number of aliphatic imine (C=N–C) groups is 1. The second-order valence-corrected chi connectivity index (χ2v) is 8.76. The first-order valence-corrected chi connectivity index (χ1v) is 9.66. The molecule has 2 aliphatic heterocycles. The van der Waals surface area contributed by atoms with Gasteiger partial charge in [0.25, 0.3) is 0 Å². The van der Waals surface area contributed by atoms with Crippen molar-refractivity contribution in [3.8, 4) is 11.5 Å². The fraction of sp³-hybridized carbons (Fsp3) is 0.435. The van der Waals surface area contributed by atoms with E-state index in [1.54, 1.807) is 0 Å². The summed E-state index contributed by atoms with van der Waals surface area (Å²) in [5, 5.41) is 0. The van der Waals surface area contributed by atoms with E-state index in [4.69, 9.17) is 20.2 Å². The number of benzene rings is 2. The van der Waals surface area contributed by atoms with Crippen molar-refractivity contribution in [1.82, 2.24) is 0 Å². The molecule has 0 unspecified atom stereocenters. The maximum Gasteiger partial charge on any atom is 0.166 e. The first kappa shape index (κ1) is 17.9. The molecule has 0 bridgehead atoms. The van der Waals surface area contributed by atoms with E-state index in [1.807, 2.05) is 19.1 Å². The van der Waals surface area contributed by atoms with Gasteiger partial charge in [-0.3, -0.25) is 4.99 Å². The monoisotopic (exact) mass is 364 g/mol. The van der Waals surface area contributed by atoms with Gasteiger partial charge in [0, 0.05) is 28.8 Å². The highest BCUT2D eigenvalue weighted by Crippen LogP contribution is 2.48. The van der Waals surface area contributed by atoms with Crippen LogP contribution in [0.3, 0.4) is 0 Å². The lowest BCUT2D eigenvalue weighted by atomic mass is 9.81. The average Bonchev–Trinajstić information content (AvgIpc) is 2.89. The van der Waals surface area contributed by atoms with Crippen LogP contribution in [0.1, 0.15) is 56.9 Å². The van der Waals surface area contributed by atoms with Gasteiger partial charge in [-0.2, -0.15) is 0 Å². The molecule has 0 aliphatic carbocycles. The Kier molecular flexibility index (Phi) is 3.99. The Morgan fingerprint density at radius 1 is 1.11 bits per heavy atom. The van der Waals surface area contributed by atoms with E-state index in [9.17, 15) is 0 Å². The Morgan fingerprint density at radius 3 is 2.48 bits per heavy atom. The summed E-state index contributed by atoms with van der Waals surface area (Å²) in [5.41, 5.74) is 12.1. The van der Waals surface area contributed by atoms with Gasteiger partial charge in [0.2, 0.25) is 0 Å². The van der Waals surface area contributed by atoms with E-state index in [0.717, 1.165) is 41.3 Å². The Balaban J connectivity index is 1.96. The highest BCUT2D eigenvalue weighted by molar-refractivity contribution is 6.16. The zero-order chi connectivity index (χ0) is 19.4. The van der Waals surface area contributed by atoms with Crippen molar-refractivity contribution in [3.05, 3.63) is 52.6 Å². The number of anilines is 1. The second kappa shape index (κ2) is 6.01. The third-order valence-electron chi connectivity index (χ3n) is 5.17. The Bertz CT molecular complexity index is 924. The summed E-state index contributed by atoms with van der Waals surface area (Å²) in [6, 6.07) is 10.2. The molecule has 2 heterocycles. The quantitative estimate of drug-likeness (QED) is 0.813. The maximum atomic E-state index is 6.30. The van der Waals surface area contributed by atoms with Crippen LogP contribution in [0, 0.1) is 0 Å². The van der Waals surface area contributed by atoms with Gasteiger partial charge in [-0.1, -0.05) is 12.1 Å². The number of rotatable bonds is 3. The summed E-state index contributed by atoms with van der Waals surface area (Å²) in [5.74, 6) is 1.73. The van der Waals surface area contributed by atoms with Gasteiger partial charge in [-0.05, 0) is 64.8 Å². The Morgan fingerprint density at radius 2 is 1.81 bits per heavy atom. The SMILES string of the molecule is CCOc1cc2c(c3c1OC(C)(C)C3)C(c1ccc(N)cc1)=NC(C)(C)C2. The van der Waals surface area contributed by atoms with Crippen LogP contribution in [-0.2, 0) is 12.8 Å². The van der Waals surface area contributed by atoms with Crippen LogP contribution in [0.5, 0.6) is 11.5 Å². The number of hydrogen-bond acceptors (Lipinski definition) is 4. The summed E-state index contributed by atoms with van der Waals surface area (Å²) in [4.78, 5) is 5.14. The van der Waals surface area contributed by atoms with Crippen molar-refractivity contribution in [2.75, 3.05) is 12.3 Å². The molecule has 0 radical (unpaired) electrons. The van der Waals surface area contributed by atoms with Crippen LogP contribution >= 0.6 is 0 Å².